The quantitative estimate of drug-likeness (QED) is 0.129. The Morgan fingerprint density at radius 1 is 0.593 bits per heavy atom. The predicted octanol–water partition coefficient (Wildman–Crippen LogP) is 13.9. The van der Waals surface area contributed by atoms with Crippen molar-refractivity contribution in [3.05, 3.63) is 161 Å². The minimum atomic E-state index is 0.0241. The number of nitrogens with zero attached hydrogens (tertiary/aromatic N) is 2. The second kappa shape index (κ2) is 15.0. The first-order valence-corrected chi connectivity index (χ1v) is 22.0. The molecule has 4 heteroatoms. The average molecular weight is 769 g/mol. The maximum Gasteiger partial charge on any atom is 0.252 e. The first kappa shape index (κ1) is 37.3. The van der Waals surface area contributed by atoms with Gasteiger partial charge in [0.1, 0.15) is 11.2 Å². The third-order valence-electron chi connectivity index (χ3n) is 13.1. The molecule has 1 aromatic heterocycles. The summed E-state index contributed by atoms with van der Waals surface area (Å²) in [5.74, 6) is 0.582. The van der Waals surface area contributed by atoms with Crippen LogP contribution in [0.1, 0.15) is 86.6 Å². The molecular weight excluding hydrogens is 715 g/mol. The van der Waals surface area contributed by atoms with Crippen molar-refractivity contribution in [2.75, 3.05) is 9.80 Å². The summed E-state index contributed by atoms with van der Waals surface area (Å²) >= 11 is 0. The van der Waals surface area contributed by atoms with Gasteiger partial charge >= 0.3 is 0 Å². The molecule has 1 atom stereocenters. The molecule has 2 aliphatic heterocycles. The van der Waals surface area contributed by atoms with Crippen LogP contribution in [-0.4, -0.2) is 6.71 Å². The molecule has 0 N–H and O–H groups in total. The van der Waals surface area contributed by atoms with E-state index in [-0.39, 0.29) is 6.71 Å². The fourth-order valence-corrected chi connectivity index (χ4v) is 10.2. The van der Waals surface area contributed by atoms with E-state index in [9.17, 15) is 0 Å². The Balaban J connectivity index is 1.29. The summed E-state index contributed by atoms with van der Waals surface area (Å²) in [6, 6.07) is 51.0. The van der Waals surface area contributed by atoms with Crippen molar-refractivity contribution in [1.82, 2.24) is 0 Å². The average Bonchev–Trinajstić information content (AvgIpc) is 3.64. The largest absolute Gasteiger partial charge is 0.456 e. The number of benzene rings is 7. The number of hydrogen-bond acceptors (Lipinski definition) is 3. The minimum absolute atomic E-state index is 0.0241. The number of rotatable bonds is 10. The van der Waals surface area contributed by atoms with E-state index in [2.05, 4.69) is 185 Å². The minimum Gasteiger partial charge on any atom is -0.456 e. The van der Waals surface area contributed by atoms with Gasteiger partial charge in [-0.15, -0.1) is 0 Å². The fraction of sp³-hybridized carbons (Fsp3) is 0.236. The highest BCUT2D eigenvalue weighted by Crippen LogP contribution is 2.50. The normalized spacial score (nSPS) is 13.5. The van der Waals surface area contributed by atoms with Crippen molar-refractivity contribution in [1.29, 1.82) is 0 Å². The van der Waals surface area contributed by atoms with E-state index in [1.54, 1.807) is 0 Å². The van der Waals surface area contributed by atoms with Gasteiger partial charge in [0.15, 0.2) is 0 Å². The second-order valence-electron chi connectivity index (χ2n) is 17.2. The summed E-state index contributed by atoms with van der Waals surface area (Å²) in [6.07, 6.45) is 6.97. The zero-order valence-electron chi connectivity index (χ0n) is 35.4. The number of fused-ring (bicyclic) bond motifs is 8. The molecule has 3 nitrogen and oxygen atoms in total. The van der Waals surface area contributed by atoms with Crippen LogP contribution in [0.3, 0.4) is 0 Å². The Hall–Kier alpha value is -6.00. The van der Waals surface area contributed by atoms with Crippen LogP contribution in [0.4, 0.5) is 34.1 Å². The highest BCUT2D eigenvalue weighted by atomic mass is 16.3. The first-order chi connectivity index (χ1) is 28.9. The van der Waals surface area contributed by atoms with E-state index >= 15 is 0 Å². The Morgan fingerprint density at radius 2 is 1.34 bits per heavy atom. The van der Waals surface area contributed by atoms with E-state index in [1.807, 2.05) is 0 Å². The molecule has 10 rings (SSSR count). The lowest BCUT2D eigenvalue weighted by Crippen LogP contribution is -2.61. The highest BCUT2D eigenvalue weighted by molar-refractivity contribution is 7.00. The van der Waals surface area contributed by atoms with Crippen LogP contribution in [0.5, 0.6) is 0 Å². The molecule has 0 bridgehead atoms. The smallest absolute Gasteiger partial charge is 0.252 e. The molecule has 3 heterocycles. The molecule has 0 amide bonds. The lowest BCUT2D eigenvalue weighted by molar-refractivity contribution is 0.596. The maximum absolute atomic E-state index is 6.69. The molecular formula is C55H53BN2O. The van der Waals surface area contributed by atoms with Crippen molar-refractivity contribution < 1.29 is 4.42 Å². The van der Waals surface area contributed by atoms with Gasteiger partial charge in [-0.2, -0.15) is 0 Å². The molecule has 292 valence electrons. The first-order valence-electron chi connectivity index (χ1n) is 22.0. The van der Waals surface area contributed by atoms with Crippen LogP contribution in [0.2, 0.25) is 0 Å². The number of unbranched alkanes of at least 4 members (excludes halogenated alkanes) is 1. The Morgan fingerprint density at radius 3 is 2.10 bits per heavy atom. The topological polar surface area (TPSA) is 19.6 Å². The molecule has 2 aliphatic rings. The van der Waals surface area contributed by atoms with Crippen molar-refractivity contribution in [3.63, 3.8) is 0 Å². The lowest BCUT2D eigenvalue weighted by Gasteiger charge is -2.45. The highest BCUT2D eigenvalue weighted by Gasteiger charge is 2.45. The number of furan rings is 1. The monoisotopic (exact) mass is 768 g/mol. The van der Waals surface area contributed by atoms with Crippen LogP contribution in [0, 0.1) is 20.8 Å². The van der Waals surface area contributed by atoms with Gasteiger partial charge in [0.25, 0.3) is 6.71 Å². The molecule has 8 aromatic rings. The van der Waals surface area contributed by atoms with Crippen molar-refractivity contribution in [3.8, 4) is 11.1 Å². The van der Waals surface area contributed by atoms with Gasteiger partial charge in [-0.3, -0.25) is 0 Å². The fourth-order valence-electron chi connectivity index (χ4n) is 10.2. The third-order valence-corrected chi connectivity index (χ3v) is 13.1. The number of aryl methyl sites for hydroxylation is 4. The van der Waals surface area contributed by atoms with Crippen molar-refractivity contribution >= 4 is 79.2 Å². The van der Waals surface area contributed by atoms with E-state index in [4.69, 9.17) is 4.42 Å². The molecule has 0 radical (unpaired) electrons. The van der Waals surface area contributed by atoms with E-state index in [0.29, 0.717) is 5.92 Å². The van der Waals surface area contributed by atoms with Gasteiger partial charge in [-0.05, 0) is 146 Å². The zero-order chi connectivity index (χ0) is 40.4. The van der Waals surface area contributed by atoms with Crippen LogP contribution in [0.15, 0.2) is 138 Å². The number of hydrogen-bond donors (Lipinski definition) is 0. The van der Waals surface area contributed by atoms with E-state index in [0.717, 1.165) is 29.4 Å². The van der Waals surface area contributed by atoms with Crippen LogP contribution in [-0.2, 0) is 6.42 Å². The summed E-state index contributed by atoms with van der Waals surface area (Å²) in [5.41, 5.74) is 22.2. The molecule has 0 saturated carbocycles. The van der Waals surface area contributed by atoms with Gasteiger partial charge in [0.2, 0.25) is 0 Å². The summed E-state index contributed by atoms with van der Waals surface area (Å²) in [5, 5.41) is 2.31. The molecule has 0 spiro atoms. The SMILES string of the molecule is CCCCc1ccc(N2c3cc(C)cc4c3B(c3cc(C)ccc3N4c3ccc(C(CC)CCC)cc3)c3ccc4oc5ccccc5c4c32)c(-c2ccc(C)cc2)c1. The zero-order valence-corrected chi connectivity index (χ0v) is 35.4. The van der Waals surface area contributed by atoms with Gasteiger partial charge in [0.05, 0.1) is 16.8 Å². The lowest BCUT2D eigenvalue weighted by atomic mass is 9.33. The van der Waals surface area contributed by atoms with Crippen LogP contribution < -0.4 is 26.2 Å². The van der Waals surface area contributed by atoms with Gasteiger partial charge in [-0.25, -0.2) is 0 Å². The van der Waals surface area contributed by atoms with Gasteiger partial charge in [0, 0.05) is 33.7 Å². The molecule has 59 heavy (non-hydrogen) atoms. The Bertz CT molecular complexity index is 2870. The number of anilines is 6. The van der Waals surface area contributed by atoms with Crippen LogP contribution >= 0.6 is 0 Å². The van der Waals surface area contributed by atoms with E-state index < -0.39 is 0 Å². The maximum atomic E-state index is 6.69. The summed E-state index contributed by atoms with van der Waals surface area (Å²) in [7, 11) is 0. The Kier molecular flexibility index (Phi) is 9.47. The number of para-hydroxylation sites is 1. The van der Waals surface area contributed by atoms with Crippen LogP contribution in [0.25, 0.3) is 33.1 Å². The predicted molar refractivity (Wildman–Crippen MR) is 254 cm³/mol. The second-order valence-corrected chi connectivity index (χ2v) is 17.2. The van der Waals surface area contributed by atoms with Crippen molar-refractivity contribution in [2.45, 2.75) is 86.0 Å². The van der Waals surface area contributed by atoms with Gasteiger partial charge < -0.3 is 14.2 Å². The standard InChI is InChI=1S/C55H53BN2O/c1-7-10-14-38-20-29-47(44(34-38)41-21-17-35(4)18-22-41)58-50-33-37(6)32-49-54(50)56(45-27-30-52-53(55(45)58)43-15-11-12-16-51(43)59-52)46-31-36(5)19-28-48(46)57(49)42-25-23-40(24-26-42)39(9-3)13-8-2/h11-12,15-34,39H,7-10,13-14H2,1-6H3. The summed E-state index contributed by atoms with van der Waals surface area (Å²) in [4.78, 5) is 5.16. The molecule has 0 aliphatic carbocycles. The molecule has 1 unspecified atom stereocenters. The molecule has 0 saturated heterocycles. The van der Waals surface area contributed by atoms with Gasteiger partial charge in [-0.1, -0.05) is 124 Å². The third kappa shape index (κ3) is 6.18. The summed E-state index contributed by atoms with van der Waals surface area (Å²) in [6.45, 7) is 13.6. The van der Waals surface area contributed by atoms with E-state index in [1.165, 1.54) is 121 Å². The molecule has 7 aromatic carbocycles. The summed E-state index contributed by atoms with van der Waals surface area (Å²) < 4.78 is 6.69. The Labute approximate surface area is 350 Å². The van der Waals surface area contributed by atoms with Crippen molar-refractivity contribution in [2.24, 2.45) is 0 Å². The molecule has 0 fully saturated rings.